The van der Waals surface area contributed by atoms with Crippen LogP contribution in [-0.2, 0) is 13.0 Å². The Hall–Kier alpha value is -1.66. The summed E-state index contributed by atoms with van der Waals surface area (Å²) in [6.45, 7) is 1.01. The number of hydrogen-bond donors (Lipinski definition) is 1. The molecule has 2 aromatic rings. The molecule has 0 unspecified atom stereocenters. The summed E-state index contributed by atoms with van der Waals surface area (Å²) in [5.41, 5.74) is 2.78. The molecule has 0 atom stereocenters. The zero-order chi connectivity index (χ0) is 15.0. The van der Waals surface area contributed by atoms with Gasteiger partial charge in [-0.3, -0.25) is 4.79 Å². The molecule has 21 heavy (non-hydrogen) atoms. The predicted octanol–water partition coefficient (Wildman–Crippen LogP) is 3.41. The highest BCUT2D eigenvalue weighted by molar-refractivity contribution is 9.11. The largest absolute Gasteiger partial charge is 0.478 e. The highest BCUT2D eigenvalue weighted by atomic mass is 79.9. The highest BCUT2D eigenvalue weighted by Crippen LogP contribution is 2.26. The van der Waals surface area contributed by atoms with Crippen LogP contribution in [0, 0.1) is 0 Å². The number of hydrogen-bond acceptors (Lipinski definition) is 3. The molecule has 0 fully saturated rings. The van der Waals surface area contributed by atoms with Gasteiger partial charge >= 0.3 is 5.97 Å². The van der Waals surface area contributed by atoms with Crippen LogP contribution in [0.2, 0.25) is 0 Å². The number of carbonyl (C=O) groups is 2. The van der Waals surface area contributed by atoms with Gasteiger partial charge in [0.05, 0.1) is 14.9 Å². The summed E-state index contributed by atoms with van der Waals surface area (Å²) < 4.78 is 0.927. The van der Waals surface area contributed by atoms with Gasteiger partial charge in [0.1, 0.15) is 0 Å². The van der Waals surface area contributed by atoms with E-state index in [1.54, 1.807) is 17.0 Å². The molecule has 4 nitrogen and oxygen atoms in total. The third-order valence-electron chi connectivity index (χ3n) is 3.60. The maximum absolute atomic E-state index is 12.4. The lowest BCUT2D eigenvalue weighted by Crippen LogP contribution is -2.36. The molecule has 3 rings (SSSR count). The maximum atomic E-state index is 12.4. The number of rotatable bonds is 2. The number of amides is 1. The number of carbonyl (C=O) groups excluding carboxylic acids is 1. The summed E-state index contributed by atoms with van der Waals surface area (Å²) >= 11 is 4.84. The van der Waals surface area contributed by atoms with E-state index < -0.39 is 5.97 Å². The Bertz CT molecular complexity index is 725. The molecule has 6 heteroatoms. The molecule has 1 aromatic carbocycles. The van der Waals surface area contributed by atoms with Crippen molar-refractivity contribution in [2.24, 2.45) is 0 Å². The molecule has 1 aliphatic heterocycles. The van der Waals surface area contributed by atoms with E-state index in [1.165, 1.54) is 11.3 Å². The number of nitrogens with zero attached hydrogens (tertiary/aromatic N) is 1. The number of halogens is 1. The van der Waals surface area contributed by atoms with Crippen LogP contribution < -0.4 is 0 Å². The maximum Gasteiger partial charge on any atom is 0.335 e. The average Bonchev–Trinajstić information content (AvgIpc) is 2.91. The molecule has 0 aliphatic carbocycles. The summed E-state index contributed by atoms with van der Waals surface area (Å²) in [5, 5.41) is 11.0. The van der Waals surface area contributed by atoms with Gasteiger partial charge in [-0.2, -0.15) is 0 Å². The van der Waals surface area contributed by atoms with Gasteiger partial charge in [0.2, 0.25) is 0 Å². The van der Waals surface area contributed by atoms with E-state index in [-0.39, 0.29) is 5.91 Å². The van der Waals surface area contributed by atoms with Gasteiger partial charge in [-0.15, -0.1) is 11.3 Å². The van der Waals surface area contributed by atoms with Gasteiger partial charge in [0.15, 0.2) is 0 Å². The molecule has 1 amide bonds. The van der Waals surface area contributed by atoms with Gasteiger partial charge in [0.25, 0.3) is 5.91 Å². The molecule has 2 heterocycles. The average molecular weight is 366 g/mol. The SMILES string of the molecule is O=C(O)c1cccc2c1CCN(C(=O)c1csc(Br)c1)C2. The number of carboxylic acid groups (broad SMARTS) is 1. The second-order valence-corrected chi connectivity index (χ2v) is 7.16. The fourth-order valence-electron chi connectivity index (χ4n) is 2.59. The highest BCUT2D eigenvalue weighted by Gasteiger charge is 2.25. The lowest BCUT2D eigenvalue weighted by molar-refractivity contribution is 0.0694. The molecule has 0 spiro atoms. The quantitative estimate of drug-likeness (QED) is 0.886. The number of fused-ring (bicyclic) bond motifs is 1. The predicted molar refractivity (Wildman–Crippen MR) is 83.9 cm³/mol. The molecule has 0 radical (unpaired) electrons. The van der Waals surface area contributed by atoms with Gasteiger partial charge < -0.3 is 10.0 Å². The van der Waals surface area contributed by atoms with Crippen molar-refractivity contribution in [3.8, 4) is 0 Å². The van der Waals surface area contributed by atoms with Crippen LogP contribution in [0.1, 0.15) is 31.8 Å². The molecule has 1 aromatic heterocycles. The van der Waals surface area contributed by atoms with Crippen molar-refractivity contribution in [1.29, 1.82) is 0 Å². The van der Waals surface area contributed by atoms with Crippen molar-refractivity contribution < 1.29 is 14.7 Å². The van der Waals surface area contributed by atoms with Crippen molar-refractivity contribution >= 4 is 39.1 Å². The minimum absolute atomic E-state index is 0.0108. The van der Waals surface area contributed by atoms with E-state index in [0.29, 0.717) is 30.6 Å². The Kier molecular flexibility index (Phi) is 3.82. The Labute approximate surface area is 134 Å². The molecule has 1 aliphatic rings. The number of thiophene rings is 1. The summed E-state index contributed by atoms with van der Waals surface area (Å²) in [4.78, 5) is 25.4. The first kappa shape index (κ1) is 14.3. The summed E-state index contributed by atoms with van der Waals surface area (Å²) in [5.74, 6) is -0.920. The van der Waals surface area contributed by atoms with Gasteiger partial charge in [-0.25, -0.2) is 4.79 Å². The Morgan fingerprint density at radius 3 is 2.81 bits per heavy atom. The molecule has 0 saturated carbocycles. The van der Waals surface area contributed by atoms with Crippen molar-refractivity contribution in [3.63, 3.8) is 0 Å². The third-order valence-corrected chi connectivity index (χ3v) is 5.10. The van der Waals surface area contributed by atoms with Crippen molar-refractivity contribution in [3.05, 3.63) is 55.7 Å². The van der Waals surface area contributed by atoms with Crippen molar-refractivity contribution in [2.75, 3.05) is 6.54 Å². The molecule has 1 N–H and O–H groups in total. The molecule has 0 saturated heterocycles. The van der Waals surface area contributed by atoms with Crippen LogP contribution in [0.4, 0.5) is 0 Å². The first-order valence-corrected chi connectivity index (χ1v) is 8.11. The van der Waals surface area contributed by atoms with Gasteiger partial charge in [-0.05, 0) is 45.6 Å². The van der Waals surface area contributed by atoms with Gasteiger partial charge in [0, 0.05) is 18.5 Å². The van der Waals surface area contributed by atoms with E-state index in [1.807, 2.05) is 17.5 Å². The molecular weight excluding hydrogens is 354 g/mol. The lowest BCUT2D eigenvalue weighted by atomic mass is 9.94. The summed E-state index contributed by atoms with van der Waals surface area (Å²) in [7, 11) is 0. The van der Waals surface area contributed by atoms with Crippen LogP contribution >= 0.6 is 27.3 Å². The third kappa shape index (κ3) is 2.73. The van der Waals surface area contributed by atoms with Crippen LogP contribution in [-0.4, -0.2) is 28.4 Å². The topological polar surface area (TPSA) is 57.6 Å². The Balaban J connectivity index is 1.86. The van der Waals surface area contributed by atoms with Gasteiger partial charge in [-0.1, -0.05) is 12.1 Å². The first-order chi connectivity index (χ1) is 10.1. The van der Waals surface area contributed by atoms with Crippen LogP contribution in [0.5, 0.6) is 0 Å². The van der Waals surface area contributed by atoms with Crippen LogP contribution in [0.3, 0.4) is 0 Å². The standard InChI is InChI=1S/C15H12BrNO3S/c16-13-6-10(8-21-13)14(18)17-5-4-11-9(7-17)2-1-3-12(11)15(19)20/h1-3,6,8H,4-5,7H2,(H,19,20). The second kappa shape index (κ2) is 5.61. The summed E-state index contributed by atoms with van der Waals surface area (Å²) in [6.07, 6.45) is 0.578. The van der Waals surface area contributed by atoms with Crippen molar-refractivity contribution in [1.82, 2.24) is 4.90 Å². The van der Waals surface area contributed by atoms with E-state index in [4.69, 9.17) is 0 Å². The van der Waals surface area contributed by atoms with E-state index >= 15 is 0 Å². The fraction of sp³-hybridized carbons (Fsp3) is 0.200. The number of aromatic carboxylic acids is 1. The zero-order valence-electron chi connectivity index (χ0n) is 11.0. The minimum atomic E-state index is -0.909. The van der Waals surface area contributed by atoms with E-state index in [9.17, 15) is 14.7 Å². The molecular formula is C15H12BrNO3S. The molecule has 108 valence electrons. The zero-order valence-corrected chi connectivity index (χ0v) is 13.4. The van der Waals surface area contributed by atoms with E-state index in [2.05, 4.69) is 15.9 Å². The van der Waals surface area contributed by atoms with E-state index in [0.717, 1.165) is 14.9 Å². The lowest BCUT2D eigenvalue weighted by Gasteiger charge is -2.29. The monoisotopic (exact) mass is 365 g/mol. The molecule has 0 bridgehead atoms. The van der Waals surface area contributed by atoms with Crippen LogP contribution in [0.15, 0.2) is 33.4 Å². The van der Waals surface area contributed by atoms with Crippen LogP contribution in [0.25, 0.3) is 0 Å². The second-order valence-electron chi connectivity index (χ2n) is 4.86. The summed E-state index contributed by atoms with van der Waals surface area (Å²) in [6, 6.07) is 7.06. The number of benzene rings is 1. The normalized spacial score (nSPS) is 13.9. The number of carboxylic acids is 1. The Morgan fingerprint density at radius 1 is 1.33 bits per heavy atom. The smallest absolute Gasteiger partial charge is 0.335 e. The minimum Gasteiger partial charge on any atom is -0.478 e. The fourth-order valence-corrected chi connectivity index (χ4v) is 3.72. The first-order valence-electron chi connectivity index (χ1n) is 6.43. The van der Waals surface area contributed by atoms with Crippen molar-refractivity contribution in [2.45, 2.75) is 13.0 Å². The Morgan fingerprint density at radius 2 is 2.14 bits per heavy atom.